The Kier molecular flexibility index (Phi) is 6.45. The maximum absolute atomic E-state index is 12.4. The summed E-state index contributed by atoms with van der Waals surface area (Å²) in [4.78, 5) is 16.5. The number of ether oxygens (including phenoxy) is 3. The molecule has 0 amide bonds. The normalized spacial score (nSPS) is 47.4. The fraction of sp³-hybridized carbons (Fsp3) is 0.852. The lowest BCUT2D eigenvalue weighted by atomic mass is 9.41. The van der Waals surface area contributed by atoms with E-state index >= 15 is 0 Å². The zero-order chi connectivity index (χ0) is 25.1. The molecule has 8 atom stereocenters. The van der Waals surface area contributed by atoms with Crippen LogP contribution in [-0.4, -0.2) is 78.5 Å². The molecule has 3 N–H and O–H groups in total. The molecule has 0 spiro atoms. The van der Waals surface area contributed by atoms with Crippen molar-refractivity contribution < 1.29 is 34.3 Å². The van der Waals surface area contributed by atoms with Crippen molar-refractivity contribution in [3.63, 3.8) is 0 Å². The summed E-state index contributed by atoms with van der Waals surface area (Å²) in [6.07, 6.45) is 8.63. The monoisotopic (exact) mass is 491 g/mol. The van der Waals surface area contributed by atoms with Gasteiger partial charge in [-0.25, -0.2) is 4.79 Å². The molecule has 4 aliphatic carbocycles. The van der Waals surface area contributed by atoms with Crippen LogP contribution in [0.25, 0.3) is 0 Å². The van der Waals surface area contributed by atoms with Gasteiger partial charge in [0.2, 0.25) is 0 Å². The predicted octanol–water partition coefficient (Wildman–Crippen LogP) is 2.39. The van der Waals surface area contributed by atoms with Gasteiger partial charge in [0, 0.05) is 43.8 Å². The zero-order valence-corrected chi connectivity index (χ0v) is 21.2. The molecule has 196 valence electrons. The van der Waals surface area contributed by atoms with Gasteiger partial charge in [0.15, 0.2) is 6.29 Å². The van der Waals surface area contributed by atoms with Crippen LogP contribution in [0, 0.1) is 28.6 Å². The van der Waals surface area contributed by atoms with Crippen molar-refractivity contribution >= 4 is 12.2 Å². The van der Waals surface area contributed by atoms with Gasteiger partial charge < -0.3 is 29.5 Å². The van der Waals surface area contributed by atoms with Gasteiger partial charge >= 0.3 is 5.97 Å². The summed E-state index contributed by atoms with van der Waals surface area (Å²) in [5.41, 5.74) is -1.87. The number of nitrogens with zero attached hydrogens (tertiary/aromatic N) is 1. The topological polar surface area (TPSA) is 118 Å². The van der Waals surface area contributed by atoms with Crippen LogP contribution >= 0.6 is 0 Å². The van der Waals surface area contributed by atoms with Crippen molar-refractivity contribution in [3.05, 3.63) is 11.6 Å². The number of carbonyl (C=O) groups is 1. The number of fused-ring (bicyclic) bond motifs is 5. The highest BCUT2D eigenvalue weighted by molar-refractivity contribution is 5.85. The molecule has 4 saturated carbocycles. The van der Waals surface area contributed by atoms with Crippen LogP contribution in [-0.2, 0) is 19.0 Å². The van der Waals surface area contributed by atoms with Gasteiger partial charge in [0.1, 0.15) is 6.61 Å². The molecule has 1 aliphatic heterocycles. The van der Waals surface area contributed by atoms with Crippen molar-refractivity contribution in [1.82, 2.24) is 0 Å². The number of aliphatic hydroxyl groups is 3. The van der Waals surface area contributed by atoms with Crippen molar-refractivity contribution in [1.29, 1.82) is 0 Å². The molecule has 1 heterocycles. The van der Waals surface area contributed by atoms with E-state index in [2.05, 4.69) is 6.92 Å². The van der Waals surface area contributed by atoms with E-state index in [1.54, 1.807) is 20.3 Å². The maximum Gasteiger partial charge on any atom is 0.331 e. The first kappa shape index (κ1) is 25.3. The van der Waals surface area contributed by atoms with Crippen molar-refractivity contribution in [3.8, 4) is 0 Å². The fourth-order valence-electron chi connectivity index (χ4n) is 8.91. The SMILES string of the molecule is COC(CN=CC12CCC(O)CC1(O)CCC1C2CCC2(C)C(C3=CC(=O)OC3)CCC12O)OC. The summed E-state index contributed by atoms with van der Waals surface area (Å²) in [6.45, 7) is 2.85. The number of esters is 1. The summed E-state index contributed by atoms with van der Waals surface area (Å²) in [5, 5.41) is 34.9. The molecular weight excluding hydrogens is 450 g/mol. The number of carbonyl (C=O) groups excluding carboxylic acids is 1. The van der Waals surface area contributed by atoms with Gasteiger partial charge in [-0.1, -0.05) is 6.92 Å². The first-order valence-corrected chi connectivity index (χ1v) is 13.2. The van der Waals surface area contributed by atoms with E-state index < -0.39 is 29.0 Å². The van der Waals surface area contributed by atoms with E-state index in [1.807, 2.05) is 6.21 Å². The fourth-order valence-corrected chi connectivity index (χ4v) is 8.91. The third-order valence-corrected chi connectivity index (χ3v) is 10.7. The van der Waals surface area contributed by atoms with Gasteiger partial charge in [0.05, 0.1) is 23.9 Å². The number of rotatable bonds is 6. The largest absolute Gasteiger partial charge is 0.458 e. The minimum atomic E-state index is -1.05. The van der Waals surface area contributed by atoms with E-state index in [0.717, 1.165) is 31.3 Å². The zero-order valence-electron chi connectivity index (χ0n) is 21.2. The molecule has 0 radical (unpaired) electrons. The van der Waals surface area contributed by atoms with Crippen LogP contribution in [0.1, 0.15) is 64.7 Å². The van der Waals surface area contributed by atoms with Crippen LogP contribution in [0.15, 0.2) is 16.6 Å². The number of aliphatic imine (C=N–C) groups is 1. The van der Waals surface area contributed by atoms with E-state index in [-0.39, 0.29) is 29.1 Å². The molecule has 8 nitrogen and oxygen atoms in total. The Morgan fingerprint density at radius 3 is 2.54 bits per heavy atom. The quantitative estimate of drug-likeness (QED) is 0.297. The molecule has 0 aromatic carbocycles. The number of hydrogen-bond acceptors (Lipinski definition) is 8. The van der Waals surface area contributed by atoms with Crippen molar-refractivity contribution in [2.75, 3.05) is 27.4 Å². The van der Waals surface area contributed by atoms with Crippen molar-refractivity contribution in [2.24, 2.45) is 33.6 Å². The third-order valence-electron chi connectivity index (χ3n) is 10.7. The average Bonchev–Trinajstić information content (AvgIpc) is 3.36. The molecule has 0 aromatic heterocycles. The second-order valence-corrected chi connectivity index (χ2v) is 11.9. The van der Waals surface area contributed by atoms with Crippen LogP contribution < -0.4 is 0 Å². The van der Waals surface area contributed by atoms with Crippen LogP contribution in [0.3, 0.4) is 0 Å². The molecule has 0 saturated heterocycles. The summed E-state index contributed by atoms with van der Waals surface area (Å²) in [6, 6.07) is 0. The Bertz CT molecular complexity index is 902. The van der Waals surface area contributed by atoms with E-state index in [0.29, 0.717) is 45.3 Å². The molecule has 8 unspecified atom stereocenters. The summed E-state index contributed by atoms with van der Waals surface area (Å²) >= 11 is 0. The van der Waals surface area contributed by atoms with Gasteiger partial charge in [-0.3, -0.25) is 4.99 Å². The molecular formula is C27H41NO7. The summed E-state index contributed by atoms with van der Waals surface area (Å²) in [5.74, 6) is -0.0692. The Morgan fingerprint density at radius 1 is 1.11 bits per heavy atom. The third kappa shape index (κ3) is 3.66. The number of hydrogen-bond donors (Lipinski definition) is 3. The molecule has 8 heteroatoms. The Balaban J connectivity index is 1.49. The molecule has 5 rings (SSSR count). The number of aliphatic hydroxyl groups excluding tert-OH is 1. The highest BCUT2D eigenvalue weighted by Crippen LogP contribution is 2.70. The summed E-state index contributed by atoms with van der Waals surface area (Å²) in [7, 11) is 3.16. The predicted molar refractivity (Wildman–Crippen MR) is 129 cm³/mol. The maximum atomic E-state index is 12.4. The molecule has 0 bridgehead atoms. The van der Waals surface area contributed by atoms with Crippen LogP contribution in [0.4, 0.5) is 0 Å². The van der Waals surface area contributed by atoms with Crippen LogP contribution in [0.2, 0.25) is 0 Å². The lowest BCUT2D eigenvalue weighted by Gasteiger charge is -2.65. The van der Waals surface area contributed by atoms with Gasteiger partial charge in [-0.15, -0.1) is 0 Å². The first-order chi connectivity index (χ1) is 16.6. The van der Waals surface area contributed by atoms with E-state index in [1.165, 1.54) is 0 Å². The first-order valence-electron chi connectivity index (χ1n) is 13.2. The second-order valence-electron chi connectivity index (χ2n) is 11.9. The van der Waals surface area contributed by atoms with Gasteiger partial charge in [-0.05, 0) is 74.7 Å². The highest BCUT2D eigenvalue weighted by Gasteiger charge is 2.71. The Morgan fingerprint density at radius 2 is 1.86 bits per heavy atom. The molecule has 35 heavy (non-hydrogen) atoms. The summed E-state index contributed by atoms with van der Waals surface area (Å²) < 4.78 is 15.8. The number of methoxy groups -OCH3 is 2. The molecule has 4 fully saturated rings. The molecule has 5 aliphatic rings. The lowest BCUT2D eigenvalue weighted by Crippen LogP contribution is -2.68. The van der Waals surface area contributed by atoms with Gasteiger partial charge in [0.25, 0.3) is 0 Å². The minimum absolute atomic E-state index is 0.0208. The molecule has 0 aromatic rings. The smallest absolute Gasteiger partial charge is 0.331 e. The van der Waals surface area contributed by atoms with Gasteiger partial charge in [-0.2, -0.15) is 0 Å². The highest BCUT2D eigenvalue weighted by atomic mass is 16.7. The van der Waals surface area contributed by atoms with Crippen LogP contribution in [0.5, 0.6) is 0 Å². The number of cyclic esters (lactones) is 1. The Hall–Kier alpha value is -1.32. The second kappa shape index (κ2) is 8.91. The Labute approximate surface area is 207 Å². The standard InChI is InChI=1S/C27H41NO7/c1-24-8-5-20-21(27(24,32)11-7-19(24)17-12-22(30)35-15-17)6-10-26(31)13-18(29)4-9-25(20,26)16-28-14-23(33-2)34-3/h12,16,18-21,23,29,31-32H,4-11,13-15H2,1-3H3. The van der Waals surface area contributed by atoms with E-state index in [4.69, 9.17) is 19.2 Å². The lowest BCUT2D eigenvalue weighted by molar-refractivity contribution is -0.237. The minimum Gasteiger partial charge on any atom is -0.458 e. The van der Waals surface area contributed by atoms with Crippen molar-refractivity contribution in [2.45, 2.75) is 88.3 Å². The van der Waals surface area contributed by atoms with E-state index in [9.17, 15) is 20.1 Å². The average molecular weight is 492 g/mol.